The van der Waals surface area contributed by atoms with E-state index in [4.69, 9.17) is 14.0 Å². The zero-order valence-electron chi connectivity index (χ0n) is 20.4. The molecule has 2 unspecified atom stereocenters. The fourth-order valence-corrected chi connectivity index (χ4v) is 6.14. The Kier molecular flexibility index (Phi) is 10.7. The predicted octanol–water partition coefficient (Wildman–Crippen LogP) is 4.01. The Morgan fingerprint density at radius 2 is 1.72 bits per heavy atom. The molecule has 1 heterocycles. The Bertz CT molecular complexity index is 1040. The molecule has 0 aromatic heterocycles. The fraction of sp³-hybridized carbons (Fsp3) is 0.423. The van der Waals surface area contributed by atoms with Gasteiger partial charge in [-0.15, -0.1) is 0 Å². The van der Waals surface area contributed by atoms with Crippen LogP contribution in [-0.4, -0.2) is 49.2 Å². The van der Waals surface area contributed by atoms with Gasteiger partial charge in [-0.05, 0) is 50.3 Å². The first-order chi connectivity index (χ1) is 17.4. The van der Waals surface area contributed by atoms with Gasteiger partial charge in [0.15, 0.2) is 0 Å². The maximum absolute atomic E-state index is 13.9. The number of hydrogen-bond donors (Lipinski definition) is 2. The minimum absolute atomic E-state index is 0.0297. The molecular weight excluding hydrogens is 483 g/mol. The summed E-state index contributed by atoms with van der Waals surface area (Å²) in [4.78, 5) is 37.5. The van der Waals surface area contributed by atoms with Crippen molar-refractivity contribution in [1.82, 2.24) is 10.6 Å². The SMILES string of the molecule is CCOP(=O)(CC(=O)OC(=O)[C@@H]1CCCN1)C(CCc1ccccc1)NC(=O)OCc1ccccc1. The van der Waals surface area contributed by atoms with E-state index >= 15 is 0 Å². The van der Waals surface area contributed by atoms with Crippen molar-refractivity contribution in [3.8, 4) is 0 Å². The smallest absolute Gasteiger partial charge is 0.408 e. The van der Waals surface area contributed by atoms with Crippen molar-refractivity contribution in [3.05, 3.63) is 71.8 Å². The second-order valence-corrected chi connectivity index (χ2v) is 11.1. The average Bonchev–Trinajstić information content (AvgIpc) is 3.42. The molecule has 1 aliphatic heterocycles. The number of nitrogens with one attached hydrogen (secondary N) is 2. The van der Waals surface area contributed by atoms with Crippen LogP contribution in [-0.2, 0) is 41.2 Å². The lowest BCUT2D eigenvalue weighted by molar-refractivity contribution is -0.159. The molecule has 36 heavy (non-hydrogen) atoms. The molecule has 1 saturated heterocycles. The molecule has 1 fully saturated rings. The number of benzene rings is 2. The lowest BCUT2D eigenvalue weighted by Crippen LogP contribution is -2.39. The van der Waals surface area contributed by atoms with Crippen molar-refractivity contribution < 1.29 is 32.9 Å². The van der Waals surface area contributed by atoms with Gasteiger partial charge in [-0.3, -0.25) is 9.36 Å². The van der Waals surface area contributed by atoms with Crippen LogP contribution in [0.15, 0.2) is 60.7 Å². The number of ether oxygens (including phenoxy) is 2. The molecule has 0 bridgehead atoms. The Labute approximate surface area is 211 Å². The lowest BCUT2D eigenvalue weighted by atomic mass is 10.1. The first kappa shape index (κ1) is 27.6. The van der Waals surface area contributed by atoms with E-state index < -0.39 is 43.4 Å². The zero-order chi connectivity index (χ0) is 25.8. The number of amides is 1. The van der Waals surface area contributed by atoms with E-state index in [0.29, 0.717) is 19.4 Å². The molecule has 194 valence electrons. The lowest BCUT2D eigenvalue weighted by Gasteiger charge is -2.27. The summed E-state index contributed by atoms with van der Waals surface area (Å²) in [5, 5.41) is 5.61. The molecule has 2 N–H and O–H groups in total. The van der Waals surface area contributed by atoms with E-state index in [1.807, 2.05) is 60.7 Å². The molecule has 3 rings (SSSR count). The molecule has 1 amide bonds. The number of esters is 2. The highest BCUT2D eigenvalue weighted by Gasteiger charge is 2.39. The highest BCUT2D eigenvalue weighted by Crippen LogP contribution is 2.52. The summed E-state index contributed by atoms with van der Waals surface area (Å²) in [6.07, 6.45) is 0.661. The van der Waals surface area contributed by atoms with E-state index in [-0.39, 0.29) is 19.6 Å². The van der Waals surface area contributed by atoms with Crippen LogP contribution in [0.2, 0.25) is 0 Å². The second kappa shape index (κ2) is 13.9. The summed E-state index contributed by atoms with van der Waals surface area (Å²) in [6.45, 7) is 2.39. The maximum Gasteiger partial charge on any atom is 0.408 e. The summed E-state index contributed by atoms with van der Waals surface area (Å²) in [5.74, 6) is -2.67. The predicted molar refractivity (Wildman–Crippen MR) is 135 cm³/mol. The second-order valence-electron chi connectivity index (χ2n) is 8.49. The minimum atomic E-state index is -3.82. The number of hydrogen-bond acceptors (Lipinski definition) is 8. The standard InChI is InChI=1S/C26H33N2O7P/c1-2-34-36(32,19-24(29)35-25(30)22-14-9-17-27-22)23(16-15-20-10-5-3-6-11-20)28-26(31)33-18-21-12-7-4-8-13-21/h3-8,10-13,22-23,27H,2,9,14-19H2,1H3,(H,28,31)/t22-,23?,36?/m0/s1. The molecule has 3 atom stereocenters. The molecule has 10 heteroatoms. The third-order valence-corrected chi connectivity index (χ3v) is 8.51. The third kappa shape index (κ3) is 8.59. The number of carbonyl (C=O) groups is 3. The molecule has 0 radical (unpaired) electrons. The van der Waals surface area contributed by atoms with Gasteiger partial charge in [0.1, 0.15) is 24.6 Å². The van der Waals surface area contributed by atoms with Crippen LogP contribution < -0.4 is 10.6 Å². The fourth-order valence-electron chi connectivity index (χ4n) is 3.96. The van der Waals surface area contributed by atoms with Gasteiger partial charge in [0.2, 0.25) is 7.37 Å². The van der Waals surface area contributed by atoms with Gasteiger partial charge < -0.3 is 24.6 Å². The molecule has 2 aromatic carbocycles. The average molecular weight is 517 g/mol. The quantitative estimate of drug-likeness (QED) is 0.247. The molecule has 9 nitrogen and oxygen atoms in total. The van der Waals surface area contributed by atoms with Crippen LogP contribution in [0.25, 0.3) is 0 Å². The van der Waals surface area contributed by atoms with Crippen LogP contribution in [0, 0.1) is 0 Å². The van der Waals surface area contributed by atoms with Crippen molar-refractivity contribution in [3.63, 3.8) is 0 Å². The van der Waals surface area contributed by atoms with Crippen molar-refractivity contribution in [2.45, 2.75) is 51.0 Å². The molecular formula is C26H33N2O7P. The largest absolute Gasteiger partial charge is 0.445 e. The van der Waals surface area contributed by atoms with E-state index in [2.05, 4.69) is 10.6 Å². The first-order valence-electron chi connectivity index (χ1n) is 12.1. The topological polar surface area (TPSA) is 120 Å². The van der Waals surface area contributed by atoms with E-state index in [1.54, 1.807) is 6.92 Å². The van der Waals surface area contributed by atoms with Gasteiger partial charge in [-0.2, -0.15) is 0 Å². The molecule has 1 aliphatic rings. The van der Waals surface area contributed by atoms with Gasteiger partial charge in [0.05, 0.1) is 6.61 Å². The highest BCUT2D eigenvalue weighted by atomic mass is 31.2. The number of alkyl carbamates (subject to hydrolysis) is 1. The highest BCUT2D eigenvalue weighted by molar-refractivity contribution is 7.60. The van der Waals surface area contributed by atoms with E-state index in [0.717, 1.165) is 17.5 Å². The van der Waals surface area contributed by atoms with Crippen LogP contribution >= 0.6 is 7.37 Å². The Balaban J connectivity index is 1.70. The molecule has 2 aromatic rings. The summed E-state index contributed by atoms with van der Waals surface area (Å²) in [7, 11) is -3.82. The third-order valence-electron chi connectivity index (χ3n) is 5.78. The Morgan fingerprint density at radius 1 is 1.06 bits per heavy atom. The maximum atomic E-state index is 13.9. The summed E-state index contributed by atoms with van der Waals surface area (Å²) < 4.78 is 29.8. The summed E-state index contributed by atoms with van der Waals surface area (Å²) >= 11 is 0. The summed E-state index contributed by atoms with van der Waals surface area (Å²) in [5.41, 5.74) is 1.76. The number of rotatable bonds is 12. The molecule has 0 spiro atoms. The number of aryl methyl sites for hydroxylation is 1. The number of carbonyl (C=O) groups excluding carboxylic acids is 3. The van der Waals surface area contributed by atoms with Crippen LogP contribution in [0.4, 0.5) is 4.79 Å². The first-order valence-corrected chi connectivity index (χ1v) is 14.0. The van der Waals surface area contributed by atoms with Gasteiger partial charge in [-0.1, -0.05) is 60.7 Å². The van der Waals surface area contributed by atoms with Gasteiger partial charge >= 0.3 is 18.0 Å². The van der Waals surface area contributed by atoms with Crippen molar-refractivity contribution in [1.29, 1.82) is 0 Å². The van der Waals surface area contributed by atoms with Gasteiger partial charge in [0.25, 0.3) is 0 Å². The molecule has 0 aliphatic carbocycles. The van der Waals surface area contributed by atoms with Crippen molar-refractivity contribution in [2.75, 3.05) is 19.3 Å². The van der Waals surface area contributed by atoms with Crippen LogP contribution in [0.5, 0.6) is 0 Å². The monoisotopic (exact) mass is 516 g/mol. The van der Waals surface area contributed by atoms with Gasteiger partial charge in [-0.25, -0.2) is 9.59 Å². The van der Waals surface area contributed by atoms with Crippen molar-refractivity contribution >= 4 is 25.4 Å². The summed E-state index contributed by atoms with van der Waals surface area (Å²) in [6, 6.07) is 18.1. The van der Waals surface area contributed by atoms with E-state index in [1.165, 1.54) is 0 Å². The Morgan fingerprint density at radius 3 is 2.33 bits per heavy atom. The molecule has 0 saturated carbocycles. The van der Waals surface area contributed by atoms with Crippen molar-refractivity contribution in [2.24, 2.45) is 0 Å². The van der Waals surface area contributed by atoms with Crippen LogP contribution in [0.3, 0.4) is 0 Å². The zero-order valence-corrected chi connectivity index (χ0v) is 21.3. The Hall–Kier alpha value is -3.00. The van der Waals surface area contributed by atoms with Crippen LogP contribution in [0.1, 0.15) is 37.3 Å². The van der Waals surface area contributed by atoms with E-state index in [9.17, 15) is 18.9 Å². The minimum Gasteiger partial charge on any atom is -0.445 e. The van der Waals surface area contributed by atoms with Gasteiger partial charge in [0, 0.05) is 0 Å². The normalized spacial score (nSPS) is 17.5.